The Morgan fingerprint density at radius 2 is 2.05 bits per heavy atom. The van der Waals surface area contributed by atoms with E-state index in [1.165, 1.54) is 6.07 Å². The third kappa shape index (κ3) is 2.76. The summed E-state index contributed by atoms with van der Waals surface area (Å²) in [5, 5.41) is 0. The Hall–Kier alpha value is -1.59. The second-order valence-corrected chi connectivity index (χ2v) is 5.93. The molecule has 21 heavy (non-hydrogen) atoms. The molecule has 1 heterocycles. The molecule has 0 saturated carbocycles. The fourth-order valence-corrected chi connectivity index (χ4v) is 2.94. The molecule has 1 aliphatic heterocycles. The van der Waals surface area contributed by atoms with Crippen molar-refractivity contribution in [3.05, 3.63) is 57.8 Å². The van der Waals surface area contributed by atoms with Gasteiger partial charge in [-0.25, -0.2) is 4.39 Å². The zero-order valence-electron chi connectivity index (χ0n) is 11.5. The van der Waals surface area contributed by atoms with Gasteiger partial charge in [0.2, 0.25) is 0 Å². The van der Waals surface area contributed by atoms with Gasteiger partial charge in [-0.15, -0.1) is 0 Å². The molecule has 0 aromatic heterocycles. The molecule has 5 heteroatoms. The highest BCUT2D eigenvalue weighted by Gasteiger charge is 2.29. The molecule has 0 spiro atoms. The summed E-state index contributed by atoms with van der Waals surface area (Å²) in [6.07, 6.45) is 0.131. The fraction of sp³-hybridized carbons (Fsp3) is 0.250. The summed E-state index contributed by atoms with van der Waals surface area (Å²) in [6.45, 7) is 0. The predicted octanol–water partition coefficient (Wildman–Crippen LogP) is 4.12. The summed E-state index contributed by atoms with van der Waals surface area (Å²) < 4.78 is 26.0. The normalized spacial score (nSPS) is 20.6. The zero-order chi connectivity index (χ0) is 15.0. The van der Waals surface area contributed by atoms with Crippen molar-refractivity contribution in [2.24, 2.45) is 5.73 Å². The van der Waals surface area contributed by atoms with E-state index in [9.17, 15) is 4.39 Å². The molecular weight excluding hydrogens is 337 g/mol. The van der Waals surface area contributed by atoms with Crippen LogP contribution < -0.4 is 15.2 Å². The Balaban J connectivity index is 1.96. The molecule has 0 fully saturated rings. The molecule has 0 bridgehead atoms. The van der Waals surface area contributed by atoms with Gasteiger partial charge in [0.15, 0.2) is 0 Å². The molecule has 110 valence electrons. The van der Waals surface area contributed by atoms with Crippen LogP contribution in [-0.2, 0) is 0 Å². The third-order valence-electron chi connectivity index (χ3n) is 3.66. The molecule has 1 aliphatic rings. The summed E-state index contributed by atoms with van der Waals surface area (Å²) >= 11 is 3.36. The summed E-state index contributed by atoms with van der Waals surface area (Å²) in [4.78, 5) is 0. The second kappa shape index (κ2) is 5.66. The number of ether oxygens (including phenoxy) is 2. The van der Waals surface area contributed by atoms with E-state index in [0.717, 1.165) is 15.8 Å². The van der Waals surface area contributed by atoms with Crippen LogP contribution in [0.25, 0.3) is 0 Å². The Bertz CT molecular complexity index is 677. The maximum Gasteiger partial charge on any atom is 0.130 e. The first-order valence-corrected chi connectivity index (χ1v) is 7.43. The predicted molar refractivity (Wildman–Crippen MR) is 82.0 cm³/mol. The minimum atomic E-state index is -0.390. The number of benzene rings is 2. The van der Waals surface area contributed by atoms with E-state index in [-0.39, 0.29) is 11.9 Å². The molecule has 3 nitrogen and oxygen atoms in total. The van der Waals surface area contributed by atoms with Gasteiger partial charge in [-0.05, 0) is 36.4 Å². The van der Waals surface area contributed by atoms with Gasteiger partial charge in [0.1, 0.15) is 23.4 Å². The number of hydrogen-bond donors (Lipinski definition) is 1. The molecule has 2 aromatic rings. The maximum atomic E-state index is 14.0. The first-order valence-electron chi connectivity index (χ1n) is 6.63. The zero-order valence-corrected chi connectivity index (χ0v) is 13.1. The van der Waals surface area contributed by atoms with Gasteiger partial charge in [-0.2, -0.15) is 0 Å². The first-order chi connectivity index (χ1) is 10.1. The van der Waals surface area contributed by atoms with Gasteiger partial charge in [-0.1, -0.05) is 15.9 Å². The van der Waals surface area contributed by atoms with Gasteiger partial charge >= 0.3 is 0 Å². The van der Waals surface area contributed by atoms with Crippen molar-refractivity contribution < 1.29 is 13.9 Å². The average Bonchev–Trinajstić information content (AvgIpc) is 2.49. The molecule has 2 N–H and O–H groups in total. The van der Waals surface area contributed by atoms with E-state index in [1.54, 1.807) is 19.2 Å². The van der Waals surface area contributed by atoms with Crippen molar-refractivity contribution in [2.75, 3.05) is 7.11 Å². The number of methoxy groups -OCH3 is 1. The number of hydrogen-bond acceptors (Lipinski definition) is 3. The van der Waals surface area contributed by atoms with Crippen LogP contribution in [0.1, 0.15) is 29.7 Å². The van der Waals surface area contributed by atoms with Gasteiger partial charge in [0, 0.05) is 28.1 Å². The molecule has 1 unspecified atom stereocenters. The molecule has 0 aliphatic carbocycles. The van der Waals surface area contributed by atoms with Crippen molar-refractivity contribution in [2.45, 2.75) is 18.6 Å². The standard InChI is InChI=1S/C16H15BrFNO2/c1-20-10-3-5-15-12(7-10)14(19)8-16(21-15)11-6-9(17)2-4-13(11)18/h2-7,14,16H,8,19H2,1H3/t14-,16?/m0/s1. The van der Waals surface area contributed by atoms with Crippen LogP contribution in [0.4, 0.5) is 4.39 Å². The molecule has 0 amide bonds. The van der Waals surface area contributed by atoms with Crippen LogP contribution in [0.3, 0.4) is 0 Å². The Labute approximate surface area is 131 Å². The van der Waals surface area contributed by atoms with Gasteiger partial charge in [-0.3, -0.25) is 0 Å². The average molecular weight is 352 g/mol. The van der Waals surface area contributed by atoms with Crippen molar-refractivity contribution in [3.8, 4) is 11.5 Å². The summed E-state index contributed by atoms with van der Waals surface area (Å²) in [7, 11) is 1.61. The molecule has 2 aromatic carbocycles. The van der Waals surface area contributed by atoms with Crippen molar-refractivity contribution >= 4 is 15.9 Å². The van der Waals surface area contributed by atoms with Crippen LogP contribution in [0, 0.1) is 5.82 Å². The van der Waals surface area contributed by atoms with Crippen molar-refractivity contribution in [1.29, 1.82) is 0 Å². The van der Waals surface area contributed by atoms with Crippen LogP contribution in [0.5, 0.6) is 11.5 Å². The number of nitrogens with two attached hydrogens (primary N) is 1. The first kappa shape index (κ1) is 14.4. The molecule has 3 rings (SSSR count). The molecule has 0 saturated heterocycles. The monoisotopic (exact) mass is 351 g/mol. The number of fused-ring (bicyclic) bond motifs is 1. The minimum absolute atomic E-state index is 0.216. The van der Waals surface area contributed by atoms with E-state index in [0.29, 0.717) is 17.7 Å². The molecule has 2 atom stereocenters. The van der Waals surface area contributed by atoms with E-state index in [4.69, 9.17) is 15.2 Å². The Kier molecular flexibility index (Phi) is 3.87. The van der Waals surface area contributed by atoms with Crippen LogP contribution in [-0.4, -0.2) is 7.11 Å². The van der Waals surface area contributed by atoms with E-state index < -0.39 is 6.10 Å². The SMILES string of the molecule is COc1ccc2c(c1)[C@@H](N)CC(c1cc(Br)ccc1F)O2. The van der Waals surface area contributed by atoms with Crippen LogP contribution in [0.2, 0.25) is 0 Å². The third-order valence-corrected chi connectivity index (χ3v) is 4.15. The topological polar surface area (TPSA) is 44.5 Å². The van der Waals surface area contributed by atoms with E-state index >= 15 is 0 Å². The van der Waals surface area contributed by atoms with Crippen LogP contribution >= 0.6 is 15.9 Å². The Morgan fingerprint density at radius 3 is 2.81 bits per heavy atom. The smallest absolute Gasteiger partial charge is 0.130 e. The lowest BCUT2D eigenvalue weighted by atomic mass is 9.93. The fourth-order valence-electron chi connectivity index (χ4n) is 2.56. The highest BCUT2D eigenvalue weighted by Crippen LogP contribution is 2.42. The second-order valence-electron chi connectivity index (χ2n) is 5.02. The van der Waals surface area contributed by atoms with E-state index in [2.05, 4.69) is 15.9 Å². The lowest BCUT2D eigenvalue weighted by Crippen LogP contribution is -2.24. The summed E-state index contributed by atoms with van der Waals surface area (Å²) in [5.41, 5.74) is 7.62. The van der Waals surface area contributed by atoms with Crippen LogP contribution in [0.15, 0.2) is 40.9 Å². The van der Waals surface area contributed by atoms with Gasteiger partial charge < -0.3 is 15.2 Å². The highest BCUT2D eigenvalue weighted by atomic mass is 79.9. The minimum Gasteiger partial charge on any atom is -0.497 e. The van der Waals surface area contributed by atoms with Gasteiger partial charge in [0.05, 0.1) is 7.11 Å². The lowest BCUT2D eigenvalue weighted by molar-refractivity contribution is 0.157. The number of rotatable bonds is 2. The lowest BCUT2D eigenvalue weighted by Gasteiger charge is -2.31. The van der Waals surface area contributed by atoms with Crippen molar-refractivity contribution in [3.63, 3.8) is 0 Å². The largest absolute Gasteiger partial charge is 0.497 e. The number of halogens is 2. The molecular formula is C16H15BrFNO2. The Morgan fingerprint density at radius 1 is 1.24 bits per heavy atom. The summed E-state index contributed by atoms with van der Waals surface area (Å²) in [6, 6.07) is 10.1. The van der Waals surface area contributed by atoms with Gasteiger partial charge in [0.25, 0.3) is 0 Å². The summed E-state index contributed by atoms with van der Waals surface area (Å²) in [5.74, 6) is 1.13. The van der Waals surface area contributed by atoms with Crippen molar-refractivity contribution in [1.82, 2.24) is 0 Å². The quantitative estimate of drug-likeness (QED) is 0.884. The van der Waals surface area contributed by atoms with E-state index in [1.807, 2.05) is 18.2 Å². The highest BCUT2D eigenvalue weighted by molar-refractivity contribution is 9.10. The molecule has 0 radical (unpaired) electrons. The maximum absolute atomic E-state index is 14.0.